The summed E-state index contributed by atoms with van der Waals surface area (Å²) in [6.45, 7) is 6.70. The summed E-state index contributed by atoms with van der Waals surface area (Å²) in [5.74, 6) is 0.802. The van der Waals surface area contributed by atoms with E-state index in [1.807, 2.05) is 20.0 Å². The smallest absolute Gasteiger partial charge is 0.157 e. The third kappa shape index (κ3) is 2.39. The molecular weight excluding hydrogens is 202 g/mol. The van der Waals surface area contributed by atoms with E-state index in [1.165, 1.54) is 5.56 Å². The zero-order valence-corrected chi connectivity index (χ0v) is 10.2. The number of hydrogen-bond acceptors (Lipinski definition) is 4. The largest absolute Gasteiger partial charge is 0.371 e. The van der Waals surface area contributed by atoms with Crippen molar-refractivity contribution in [3.8, 4) is 0 Å². The van der Waals surface area contributed by atoms with Crippen LogP contribution in [0.3, 0.4) is 0 Å². The van der Waals surface area contributed by atoms with Crippen LogP contribution >= 0.6 is 0 Å². The van der Waals surface area contributed by atoms with Crippen molar-refractivity contribution < 1.29 is 4.74 Å². The van der Waals surface area contributed by atoms with Gasteiger partial charge in [0.2, 0.25) is 0 Å². The molecule has 0 spiro atoms. The molecule has 1 atom stereocenters. The highest BCUT2D eigenvalue weighted by Gasteiger charge is 2.17. The van der Waals surface area contributed by atoms with Gasteiger partial charge in [-0.2, -0.15) is 0 Å². The van der Waals surface area contributed by atoms with Gasteiger partial charge in [-0.1, -0.05) is 0 Å². The van der Waals surface area contributed by atoms with E-state index in [9.17, 15) is 0 Å². The van der Waals surface area contributed by atoms with Crippen molar-refractivity contribution in [2.45, 2.75) is 32.9 Å². The van der Waals surface area contributed by atoms with Gasteiger partial charge in [0.1, 0.15) is 6.10 Å². The quantitative estimate of drug-likeness (QED) is 0.776. The summed E-state index contributed by atoms with van der Waals surface area (Å²) in [4.78, 5) is 11.3. The molecule has 0 bridgehead atoms. The monoisotopic (exact) mass is 221 g/mol. The number of ether oxygens (including phenoxy) is 1. The van der Waals surface area contributed by atoms with E-state index in [2.05, 4.69) is 21.9 Å². The highest BCUT2D eigenvalue weighted by Crippen LogP contribution is 2.18. The van der Waals surface area contributed by atoms with Gasteiger partial charge in [-0.3, -0.25) is 0 Å². The lowest BCUT2D eigenvalue weighted by molar-refractivity contribution is 0.0696. The maximum atomic E-state index is 5.51. The standard InChI is InChI=1S/C12H19N3O/c1-4-16-9(2)12-13-7-10-5-6-15(3)8-11(10)14-12/h7,9H,4-6,8H2,1-3H3. The fourth-order valence-electron chi connectivity index (χ4n) is 1.97. The average Bonchev–Trinajstić information content (AvgIpc) is 2.28. The topological polar surface area (TPSA) is 38.3 Å². The summed E-state index contributed by atoms with van der Waals surface area (Å²) in [7, 11) is 2.12. The van der Waals surface area contributed by atoms with Crippen LogP contribution in [-0.2, 0) is 17.7 Å². The minimum absolute atomic E-state index is 0.0115. The van der Waals surface area contributed by atoms with Crippen molar-refractivity contribution >= 4 is 0 Å². The summed E-state index contributed by atoms with van der Waals surface area (Å²) in [5.41, 5.74) is 2.44. The third-order valence-electron chi connectivity index (χ3n) is 2.94. The predicted octanol–water partition coefficient (Wildman–Crippen LogP) is 1.56. The van der Waals surface area contributed by atoms with E-state index in [-0.39, 0.29) is 6.10 Å². The van der Waals surface area contributed by atoms with Gasteiger partial charge >= 0.3 is 0 Å². The summed E-state index contributed by atoms with van der Waals surface area (Å²) in [6, 6.07) is 0. The molecule has 0 saturated carbocycles. The number of likely N-dealkylation sites (N-methyl/N-ethyl adjacent to an activating group) is 1. The predicted molar refractivity (Wildman–Crippen MR) is 62.1 cm³/mol. The Morgan fingerprint density at radius 3 is 3.12 bits per heavy atom. The van der Waals surface area contributed by atoms with Crippen LogP contribution in [0.4, 0.5) is 0 Å². The second kappa shape index (κ2) is 4.89. The maximum absolute atomic E-state index is 5.51. The van der Waals surface area contributed by atoms with Crippen LogP contribution in [0.2, 0.25) is 0 Å². The van der Waals surface area contributed by atoms with E-state index < -0.39 is 0 Å². The molecule has 88 valence electrons. The lowest BCUT2D eigenvalue weighted by atomic mass is 10.1. The van der Waals surface area contributed by atoms with Crippen LogP contribution in [0, 0.1) is 0 Å². The molecule has 0 N–H and O–H groups in total. The van der Waals surface area contributed by atoms with Crippen LogP contribution in [0.5, 0.6) is 0 Å². The lowest BCUT2D eigenvalue weighted by Crippen LogP contribution is -2.28. The Bertz CT molecular complexity index is 367. The van der Waals surface area contributed by atoms with Crippen LogP contribution in [-0.4, -0.2) is 35.1 Å². The second-order valence-electron chi connectivity index (χ2n) is 4.29. The van der Waals surface area contributed by atoms with Crippen molar-refractivity contribution in [3.63, 3.8) is 0 Å². The van der Waals surface area contributed by atoms with Crippen LogP contribution in [0.1, 0.15) is 37.0 Å². The first kappa shape index (κ1) is 11.5. The van der Waals surface area contributed by atoms with Crippen LogP contribution < -0.4 is 0 Å². The molecule has 0 amide bonds. The molecule has 1 aromatic heterocycles. The zero-order chi connectivity index (χ0) is 11.5. The summed E-state index contributed by atoms with van der Waals surface area (Å²) in [6.07, 6.45) is 3.00. The van der Waals surface area contributed by atoms with Crippen molar-refractivity contribution in [3.05, 3.63) is 23.3 Å². The Morgan fingerprint density at radius 2 is 2.38 bits per heavy atom. The maximum Gasteiger partial charge on any atom is 0.157 e. The van der Waals surface area contributed by atoms with Crippen LogP contribution in [0.15, 0.2) is 6.20 Å². The Kier molecular flexibility index (Phi) is 3.51. The van der Waals surface area contributed by atoms with Crippen LogP contribution in [0.25, 0.3) is 0 Å². The van der Waals surface area contributed by atoms with Gasteiger partial charge in [0.25, 0.3) is 0 Å². The number of aromatic nitrogens is 2. The molecule has 2 rings (SSSR count). The molecular formula is C12H19N3O. The Hall–Kier alpha value is -1.00. The highest BCUT2D eigenvalue weighted by atomic mass is 16.5. The fourth-order valence-corrected chi connectivity index (χ4v) is 1.97. The molecule has 0 fully saturated rings. The molecule has 1 unspecified atom stereocenters. The van der Waals surface area contributed by atoms with E-state index in [4.69, 9.17) is 4.74 Å². The van der Waals surface area contributed by atoms with Gasteiger partial charge in [0.05, 0.1) is 5.69 Å². The molecule has 4 heteroatoms. The van der Waals surface area contributed by atoms with Gasteiger partial charge in [0, 0.05) is 25.9 Å². The van der Waals surface area contributed by atoms with Crippen molar-refractivity contribution in [1.29, 1.82) is 0 Å². The average molecular weight is 221 g/mol. The molecule has 0 aliphatic carbocycles. The Labute approximate surface area is 96.7 Å². The first-order valence-corrected chi connectivity index (χ1v) is 5.85. The number of fused-ring (bicyclic) bond motifs is 1. The molecule has 0 aromatic carbocycles. The van der Waals surface area contributed by atoms with E-state index >= 15 is 0 Å². The van der Waals surface area contributed by atoms with Gasteiger partial charge in [-0.05, 0) is 32.9 Å². The minimum atomic E-state index is -0.0115. The molecule has 4 nitrogen and oxygen atoms in total. The molecule has 0 saturated heterocycles. The first-order chi connectivity index (χ1) is 7.70. The molecule has 0 radical (unpaired) electrons. The molecule has 1 aliphatic rings. The van der Waals surface area contributed by atoms with Crippen molar-refractivity contribution in [2.24, 2.45) is 0 Å². The first-order valence-electron chi connectivity index (χ1n) is 5.85. The third-order valence-corrected chi connectivity index (χ3v) is 2.94. The van der Waals surface area contributed by atoms with Gasteiger partial charge < -0.3 is 9.64 Å². The minimum Gasteiger partial charge on any atom is -0.371 e. The summed E-state index contributed by atoms with van der Waals surface area (Å²) in [5, 5.41) is 0. The number of rotatable bonds is 3. The number of nitrogens with zero attached hydrogens (tertiary/aromatic N) is 3. The zero-order valence-electron chi connectivity index (χ0n) is 10.2. The van der Waals surface area contributed by atoms with Crippen molar-refractivity contribution in [2.75, 3.05) is 20.2 Å². The van der Waals surface area contributed by atoms with Crippen molar-refractivity contribution in [1.82, 2.24) is 14.9 Å². The Morgan fingerprint density at radius 1 is 1.56 bits per heavy atom. The fraction of sp³-hybridized carbons (Fsp3) is 0.667. The van der Waals surface area contributed by atoms with E-state index in [1.54, 1.807) is 0 Å². The molecule has 1 aromatic rings. The number of hydrogen-bond donors (Lipinski definition) is 0. The lowest BCUT2D eigenvalue weighted by Gasteiger charge is -2.24. The SMILES string of the molecule is CCOC(C)c1ncc2c(n1)CN(C)CC2. The normalized spacial score (nSPS) is 18.2. The highest BCUT2D eigenvalue weighted by molar-refractivity contribution is 5.20. The van der Waals surface area contributed by atoms with E-state index in [0.29, 0.717) is 6.61 Å². The van der Waals surface area contributed by atoms with Gasteiger partial charge in [-0.25, -0.2) is 9.97 Å². The summed E-state index contributed by atoms with van der Waals surface area (Å²) >= 11 is 0. The molecule has 16 heavy (non-hydrogen) atoms. The van der Waals surface area contributed by atoms with Gasteiger partial charge in [0.15, 0.2) is 5.82 Å². The van der Waals surface area contributed by atoms with Gasteiger partial charge in [-0.15, -0.1) is 0 Å². The van der Waals surface area contributed by atoms with E-state index in [0.717, 1.165) is 31.0 Å². The molecule has 2 heterocycles. The molecule has 1 aliphatic heterocycles. The Balaban J connectivity index is 2.20. The second-order valence-corrected chi connectivity index (χ2v) is 4.29. The summed E-state index contributed by atoms with van der Waals surface area (Å²) < 4.78 is 5.51.